The smallest absolute Gasteiger partial charge is 0.188 e. The zero-order valence-corrected chi connectivity index (χ0v) is 8.47. The number of nitrogens with zero attached hydrogens (tertiary/aromatic N) is 4. The van der Waals surface area contributed by atoms with Gasteiger partial charge in [-0.05, 0) is 19.1 Å². The Morgan fingerprint density at radius 3 is 2.93 bits per heavy atom. The van der Waals surface area contributed by atoms with Gasteiger partial charge in [0.05, 0.1) is 5.69 Å². The van der Waals surface area contributed by atoms with Gasteiger partial charge in [0.1, 0.15) is 5.69 Å². The number of amidine groups is 1. The maximum atomic E-state index is 8.54. The first-order valence-corrected chi connectivity index (χ1v) is 4.41. The average molecular weight is 205 g/mol. The molecule has 3 N–H and O–H groups in total. The van der Waals surface area contributed by atoms with Crippen molar-refractivity contribution >= 4 is 16.9 Å². The largest absolute Gasteiger partial charge is 0.409 e. The number of pyridine rings is 1. The lowest BCUT2D eigenvalue weighted by atomic mass is 10.2. The number of fused-ring (bicyclic) bond motifs is 1. The molecule has 0 fully saturated rings. The fourth-order valence-corrected chi connectivity index (χ4v) is 1.50. The van der Waals surface area contributed by atoms with Crippen molar-refractivity contribution in [2.24, 2.45) is 17.9 Å². The Morgan fingerprint density at radius 1 is 1.53 bits per heavy atom. The second kappa shape index (κ2) is 3.23. The minimum absolute atomic E-state index is 0.00393. The Hall–Kier alpha value is -2.11. The third-order valence-electron chi connectivity index (χ3n) is 2.24. The first-order valence-electron chi connectivity index (χ1n) is 4.41. The van der Waals surface area contributed by atoms with Crippen LogP contribution in [0.4, 0.5) is 0 Å². The summed E-state index contributed by atoms with van der Waals surface area (Å²) in [7, 11) is 1.80. The molecular formula is C9H11N5O. The minimum Gasteiger partial charge on any atom is -0.409 e. The molecule has 0 aromatic carbocycles. The molecule has 15 heavy (non-hydrogen) atoms. The summed E-state index contributed by atoms with van der Waals surface area (Å²) in [6.07, 6.45) is 0. The normalized spacial score (nSPS) is 12.3. The molecule has 0 saturated carbocycles. The molecule has 0 saturated heterocycles. The fraction of sp³-hybridized carbons (Fsp3) is 0.222. The molecule has 2 heterocycles. The summed E-state index contributed by atoms with van der Waals surface area (Å²) in [5.41, 5.74) is 7.52. The summed E-state index contributed by atoms with van der Waals surface area (Å²) < 4.78 is 1.67. The highest BCUT2D eigenvalue weighted by Gasteiger charge is 2.08. The van der Waals surface area contributed by atoms with E-state index in [9.17, 15) is 0 Å². The first kappa shape index (κ1) is 9.45. The van der Waals surface area contributed by atoms with Crippen LogP contribution in [0.5, 0.6) is 0 Å². The van der Waals surface area contributed by atoms with Crippen molar-refractivity contribution in [1.82, 2.24) is 14.8 Å². The van der Waals surface area contributed by atoms with Crippen molar-refractivity contribution in [1.29, 1.82) is 0 Å². The van der Waals surface area contributed by atoms with Crippen LogP contribution in [0.1, 0.15) is 11.4 Å². The number of hydrogen-bond acceptors (Lipinski definition) is 4. The zero-order valence-electron chi connectivity index (χ0n) is 8.47. The van der Waals surface area contributed by atoms with Gasteiger partial charge in [-0.2, -0.15) is 5.10 Å². The van der Waals surface area contributed by atoms with Gasteiger partial charge in [-0.25, -0.2) is 4.98 Å². The lowest BCUT2D eigenvalue weighted by Crippen LogP contribution is -2.15. The van der Waals surface area contributed by atoms with E-state index in [-0.39, 0.29) is 5.84 Å². The molecule has 78 valence electrons. The average Bonchev–Trinajstić information content (AvgIpc) is 2.53. The molecule has 2 aromatic heterocycles. The van der Waals surface area contributed by atoms with Crippen LogP contribution in [0.2, 0.25) is 0 Å². The summed E-state index contributed by atoms with van der Waals surface area (Å²) in [5.74, 6) is -0.00393. The Balaban J connectivity index is 2.70. The molecule has 2 aromatic rings. The summed E-state index contributed by atoms with van der Waals surface area (Å²) in [5, 5.41) is 16.6. The Bertz CT molecular complexity index is 543. The predicted octanol–water partition coefficient (Wildman–Crippen LogP) is 0.371. The van der Waals surface area contributed by atoms with Crippen LogP contribution in [0.25, 0.3) is 11.0 Å². The van der Waals surface area contributed by atoms with Gasteiger partial charge in [0, 0.05) is 12.4 Å². The maximum absolute atomic E-state index is 8.54. The van der Waals surface area contributed by atoms with E-state index in [0.717, 1.165) is 16.7 Å². The number of oxime groups is 1. The fourth-order valence-electron chi connectivity index (χ4n) is 1.50. The molecular weight excluding hydrogens is 194 g/mol. The van der Waals surface area contributed by atoms with Crippen LogP contribution in [0.15, 0.2) is 17.3 Å². The van der Waals surface area contributed by atoms with Gasteiger partial charge in [0.25, 0.3) is 0 Å². The number of nitrogens with two attached hydrogens (primary N) is 1. The third kappa shape index (κ3) is 1.39. The molecule has 0 bridgehead atoms. The quantitative estimate of drug-likeness (QED) is 0.304. The van der Waals surface area contributed by atoms with Gasteiger partial charge in [-0.1, -0.05) is 5.16 Å². The monoisotopic (exact) mass is 205 g/mol. The van der Waals surface area contributed by atoms with Gasteiger partial charge in [-0.15, -0.1) is 0 Å². The highest BCUT2D eigenvalue weighted by molar-refractivity contribution is 5.97. The van der Waals surface area contributed by atoms with E-state index in [4.69, 9.17) is 10.9 Å². The first-order chi connectivity index (χ1) is 7.13. The molecule has 6 heteroatoms. The maximum Gasteiger partial charge on any atom is 0.188 e. The molecule has 0 aliphatic heterocycles. The van der Waals surface area contributed by atoms with Crippen molar-refractivity contribution in [2.75, 3.05) is 0 Å². The Kier molecular flexibility index (Phi) is 2.03. The summed E-state index contributed by atoms with van der Waals surface area (Å²) >= 11 is 0. The summed E-state index contributed by atoms with van der Waals surface area (Å²) in [6, 6.07) is 3.56. The molecule has 0 aliphatic rings. The predicted molar refractivity (Wildman–Crippen MR) is 55.8 cm³/mol. The van der Waals surface area contributed by atoms with E-state index in [0.29, 0.717) is 5.69 Å². The van der Waals surface area contributed by atoms with Crippen molar-refractivity contribution in [3.05, 3.63) is 23.5 Å². The van der Waals surface area contributed by atoms with Gasteiger partial charge in [0.2, 0.25) is 0 Å². The molecule has 6 nitrogen and oxygen atoms in total. The van der Waals surface area contributed by atoms with E-state index >= 15 is 0 Å². The third-order valence-corrected chi connectivity index (χ3v) is 2.24. The molecule has 0 aliphatic carbocycles. The summed E-state index contributed by atoms with van der Waals surface area (Å²) in [4.78, 5) is 4.25. The number of aromatic nitrogens is 3. The molecule has 2 rings (SSSR count). The van der Waals surface area contributed by atoms with E-state index in [1.807, 2.05) is 13.0 Å². The molecule has 0 atom stereocenters. The van der Waals surface area contributed by atoms with Crippen molar-refractivity contribution < 1.29 is 5.21 Å². The van der Waals surface area contributed by atoms with E-state index in [2.05, 4.69) is 15.2 Å². The van der Waals surface area contributed by atoms with Crippen molar-refractivity contribution in [2.45, 2.75) is 6.92 Å². The van der Waals surface area contributed by atoms with E-state index in [1.165, 1.54) is 0 Å². The second-order valence-corrected chi connectivity index (χ2v) is 3.26. The lowest BCUT2D eigenvalue weighted by molar-refractivity contribution is 0.318. The number of aryl methyl sites for hydroxylation is 2. The van der Waals surface area contributed by atoms with Gasteiger partial charge >= 0.3 is 0 Å². The van der Waals surface area contributed by atoms with Crippen LogP contribution in [-0.4, -0.2) is 25.8 Å². The van der Waals surface area contributed by atoms with Crippen LogP contribution in [-0.2, 0) is 7.05 Å². The Labute approximate surface area is 86.0 Å². The molecule has 0 radical (unpaired) electrons. The van der Waals surface area contributed by atoms with Crippen LogP contribution >= 0.6 is 0 Å². The minimum atomic E-state index is -0.00393. The van der Waals surface area contributed by atoms with Gasteiger partial charge in [0.15, 0.2) is 11.5 Å². The number of rotatable bonds is 1. The van der Waals surface area contributed by atoms with Crippen LogP contribution in [0.3, 0.4) is 0 Å². The second-order valence-electron chi connectivity index (χ2n) is 3.26. The Morgan fingerprint density at radius 2 is 2.27 bits per heavy atom. The van der Waals surface area contributed by atoms with E-state index in [1.54, 1.807) is 17.8 Å². The van der Waals surface area contributed by atoms with Crippen LogP contribution in [0, 0.1) is 6.92 Å². The molecule has 0 unspecified atom stereocenters. The molecule has 0 spiro atoms. The summed E-state index contributed by atoms with van der Waals surface area (Å²) in [6.45, 7) is 1.91. The van der Waals surface area contributed by atoms with Gasteiger partial charge in [-0.3, -0.25) is 4.68 Å². The van der Waals surface area contributed by atoms with Crippen molar-refractivity contribution in [3.8, 4) is 0 Å². The topological polar surface area (TPSA) is 89.3 Å². The lowest BCUT2D eigenvalue weighted by Gasteiger charge is -1.98. The highest BCUT2D eigenvalue weighted by Crippen LogP contribution is 2.15. The molecule has 0 amide bonds. The van der Waals surface area contributed by atoms with E-state index < -0.39 is 0 Å². The van der Waals surface area contributed by atoms with Crippen molar-refractivity contribution in [3.63, 3.8) is 0 Å². The van der Waals surface area contributed by atoms with Gasteiger partial charge < -0.3 is 10.9 Å². The standard InChI is InChI=1S/C9H11N5O/c1-5-6-3-4-7(8(10)13-15)11-9(6)14(2)12-5/h3-4,15H,1-2H3,(H2,10,13). The zero-order chi connectivity index (χ0) is 11.0. The SMILES string of the molecule is Cc1nn(C)c2nc(/C(N)=N/O)ccc12. The highest BCUT2D eigenvalue weighted by atomic mass is 16.4. The number of hydrogen-bond donors (Lipinski definition) is 2. The van der Waals surface area contributed by atoms with Crippen LogP contribution < -0.4 is 5.73 Å².